The van der Waals surface area contributed by atoms with Crippen LogP contribution in [-0.4, -0.2) is 61.5 Å². The highest BCUT2D eigenvalue weighted by Crippen LogP contribution is 2.41. The fraction of sp³-hybridized carbons (Fsp3) is 0.391. The van der Waals surface area contributed by atoms with E-state index in [0.717, 1.165) is 43.7 Å². The number of nitrogens with one attached hydrogen (secondary N) is 1. The summed E-state index contributed by atoms with van der Waals surface area (Å²) in [6.07, 6.45) is 1.08. The Balaban J connectivity index is 1.29. The van der Waals surface area contributed by atoms with Crippen LogP contribution in [0.4, 0.5) is 0 Å². The SMILES string of the molecule is CN1CCN(C(=O)CN[C@H]2CC2c2ccc(-c3cccc(C#N)c3)cc2)CC1. The number of rotatable bonds is 5. The van der Waals surface area contributed by atoms with Crippen LogP contribution >= 0.6 is 0 Å². The van der Waals surface area contributed by atoms with Crippen LogP contribution in [0.1, 0.15) is 23.5 Å². The molecule has 1 unspecified atom stereocenters. The summed E-state index contributed by atoms with van der Waals surface area (Å²) in [5.74, 6) is 0.700. The van der Waals surface area contributed by atoms with E-state index >= 15 is 0 Å². The Kier molecular flexibility index (Phi) is 5.43. The Labute approximate surface area is 166 Å². The third-order valence-electron chi connectivity index (χ3n) is 5.83. The van der Waals surface area contributed by atoms with Gasteiger partial charge in [0.25, 0.3) is 0 Å². The maximum atomic E-state index is 12.4. The molecule has 1 saturated carbocycles. The fourth-order valence-corrected chi connectivity index (χ4v) is 3.87. The van der Waals surface area contributed by atoms with E-state index < -0.39 is 0 Å². The van der Waals surface area contributed by atoms with Gasteiger partial charge >= 0.3 is 0 Å². The number of piperazine rings is 1. The molecule has 1 aliphatic heterocycles. The van der Waals surface area contributed by atoms with Gasteiger partial charge in [0.05, 0.1) is 18.2 Å². The van der Waals surface area contributed by atoms with Gasteiger partial charge in [-0.1, -0.05) is 36.4 Å². The van der Waals surface area contributed by atoms with Gasteiger partial charge in [0, 0.05) is 38.1 Å². The lowest BCUT2D eigenvalue weighted by Crippen LogP contribution is -2.49. The first-order chi connectivity index (χ1) is 13.6. The van der Waals surface area contributed by atoms with Crippen molar-refractivity contribution in [2.75, 3.05) is 39.8 Å². The molecule has 2 atom stereocenters. The lowest BCUT2D eigenvalue weighted by atomic mass is 10.0. The van der Waals surface area contributed by atoms with E-state index in [1.165, 1.54) is 5.56 Å². The summed E-state index contributed by atoms with van der Waals surface area (Å²) < 4.78 is 0. The number of hydrogen-bond acceptors (Lipinski definition) is 4. The monoisotopic (exact) mass is 374 g/mol. The van der Waals surface area contributed by atoms with Crippen molar-refractivity contribution in [2.45, 2.75) is 18.4 Å². The van der Waals surface area contributed by atoms with Crippen LogP contribution in [-0.2, 0) is 4.79 Å². The normalized spacial score (nSPS) is 21.9. The number of amides is 1. The molecule has 1 saturated heterocycles. The summed E-state index contributed by atoms with van der Waals surface area (Å²) in [5, 5.41) is 12.5. The van der Waals surface area contributed by atoms with Crippen molar-refractivity contribution in [1.82, 2.24) is 15.1 Å². The Morgan fingerprint density at radius 3 is 2.57 bits per heavy atom. The Morgan fingerprint density at radius 1 is 1.11 bits per heavy atom. The first-order valence-corrected chi connectivity index (χ1v) is 9.94. The molecule has 0 radical (unpaired) electrons. The molecule has 0 spiro atoms. The van der Waals surface area contributed by atoms with E-state index in [4.69, 9.17) is 5.26 Å². The van der Waals surface area contributed by atoms with Gasteiger partial charge in [0.1, 0.15) is 0 Å². The largest absolute Gasteiger partial charge is 0.339 e. The molecule has 5 nitrogen and oxygen atoms in total. The van der Waals surface area contributed by atoms with Crippen LogP contribution in [0.3, 0.4) is 0 Å². The quantitative estimate of drug-likeness (QED) is 0.873. The van der Waals surface area contributed by atoms with Crippen molar-refractivity contribution < 1.29 is 4.79 Å². The maximum Gasteiger partial charge on any atom is 0.236 e. The zero-order valence-electron chi connectivity index (χ0n) is 16.3. The molecular formula is C23H26N4O. The van der Waals surface area contributed by atoms with Crippen LogP contribution in [0.5, 0.6) is 0 Å². The van der Waals surface area contributed by atoms with Gasteiger partial charge in [-0.2, -0.15) is 5.26 Å². The number of benzene rings is 2. The summed E-state index contributed by atoms with van der Waals surface area (Å²) in [4.78, 5) is 16.6. The molecule has 28 heavy (non-hydrogen) atoms. The van der Waals surface area contributed by atoms with Gasteiger partial charge in [0.2, 0.25) is 5.91 Å². The first kappa shape index (κ1) is 18.7. The van der Waals surface area contributed by atoms with Crippen LogP contribution in [0.15, 0.2) is 48.5 Å². The molecule has 4 rings (SSSR count). The topological polar surface area (TPSA) is 59.4 Å². The number of likely N-dealkylation sites (N-methyl/N-ethyl adjacent to an activating group) is 1. The summed E-state index contributed by atoms with van der Waals surface area (Å²) in [6, 6.07) is 18.8. The molecule has 2 fully saturated rings. The van der Waals surface area contributed by atoms with Gasteiger partial charge in [0.15, 0.2) is 0 Å². The minimum Gasteiger partial charge on any atom is -0.339 e. The third-order valence-corrected chi connectivity index (χ3v) is 5.83. The first-order valence-electron chi connectivity index (χ1n) is 9.94. The van der Waals surface area contributed by atoms with Crippen LogP contribution < -0.4 is 5.32 Å². The highest BCUT2D eigenvalue weighted by atomic mass is 16.2. The predicted octanol–water partition coefficient (Wildman–Crippen LogP) is 2.44. The second-order valence-corrected chi connectivity index (χ2v) is 7.83. The van der Waals surface area contributed by atoms with Crippen LogP contribution in [0.25, 0.3) is 11.1 Å². The summed E-state index contributed by atoms with van der Waals surface area (Å²) in [6.45, 7) is 4.02. The summed E-state index contributed by atoms with van der Waals surface area (Å²) in [5.41, 5.74) is 4.17. The van der Waals surface area contributed by atoms with Crippen LogP contribution in [0, 0.1) is 11.3 Å². The van der Waals surface area contributed by atoms with Gasteiger partial charge < -0.3 is 15.1 Å². The molecule has 5 heteroatoms. The Morgan fingerprint density at radius 2 is 1.86 bits per heavy atom. The van der Waals surface area contributed by atoms with Gasteiger partial charge in [-0.15, -0.1) is 0 Å². The van der Waals surface area contributed by atoms with Crippen molar-refractivity contribution in [1.29, 1.82) is 5.26 Å². The highest BCUT2D eigenvalue weighted by Gasteiger charge is 2.38. The standard InChI is InChI=1S/C23H26N4O/c1-26-9-11-27(12-10-26)23(28)16-25-22-14-21(22)19-7-5-18(6-8-19)20-4-2-3-17(13-20)15-24/h2-8,13,21-22,25H,9-12,14,16H2,1H3/t21?,22-/m0/s1. The van der Waals surface area contributed by atoms with Crippen molar-refractivity contribution in [2.24, 2.45) is 0 Å². The number of nitrogens with zero attached hydrogens (tertiary/aromatic N) is 3. The molecule has 0 bridgehead atoms. The number of carbonyl (C=O) groups is 1. The summed E-state index contributed by atoms with van der Waals surface area (Å²) >= 11 is 0. The lowest BCUT2D eigenvalue weighted by Gasteiger charge is -2.32. The second kappa shape index (κ2) is 8.14. The molecule has 2 aliphatic rings. The average molecular weight is 374 g/mol. The molecule has 0 aromatic heterocycles. The second-order valence-electron chi connectivity index (χ2n) is 7.83. The van der Waals surface area contributed by atoms with Crippen LogP contribution in [0.2, 0.25) is 0 Å². The minimum atomic E-state index is 0.214. The summed E-state index contributed by atoms with van der Waals surface area (Å²) in [7, 11) is 2.10. The fourth-order valence-electron chi connectivity index (χ4n) is 3.87. The zero-order chi connectivity index (χ0) is 19.5. The molecule has 144 valence electrons. The van der Waals surface area contributed by atoms with E-state index in [2.05, 4.69) is 47.6 Å². The van der Waals surface area contributed by atoms with E-state index in [1.54, 1.807) is 0 Å². The van der Waals surface area contributed by atoms with Crippen molar-refractivity contribution >= 4 is 5.91 Å². The Bertz CT molecular complexity index is 878. The number of carbonyl (C=O) groups excluding carboxylic acids is 1. The average Bonchev–Trinajstić information content (AvgIpc) is 3.52. The molecular weight excluding hydrogens is 348 g/mol. The molecule has 1 amide bonds. The van der Waals surface area contributed by atoms with E-state index in [-0.39, 0.29) is 5.91 Å². The minimum absolute atomic E-state index is 0.214. The van der Waals surface area contributed by atoms with Gasteiger partial charge in [-0.25, -0.2) is 0 Å². The molecule has 1 aliphatic carbocycles. The number of hydrogen-bond donors (Lipinski definition) is 1. The zero-order valence-corrected chi connectivity index (χ0v) is 16.3. The molecule has 1 heterocycles. The lowest BCUT2D eigenvalue weighted by molar-refractivity contribution is -0.131. The smallest absolute Gasteiger partial charge is 0.236 e. The van der Waals surface area contributed by atoms with Crippen molar-refractivity contribution in [3.63, 3.8) is 0 Å². The van der Waals surface area contributed by atoms with Crippen molar-refractivity contribution in [3.05, 3.63) is 59.7 Å². The molecule has 1 N–H and O–H groups in total. The van der Waals surface area contributed by atoms with E-state index in [0.29, 0.717) is 24.1 Å². The van der Waals surface area contributed by atoms with E-state index in [9.17, 15) is 4.79 Å². The maximum absolute atomic E-state index is 12.4. The third kappa shape index (κ3) is 4.24. The molecule has 2 aromatic rings. The molecule has 2 aromatic carbocycles. The van der Waals surface area contributed by atoms with Gasteiger partial charge in [-0.3, -0.25) is 4.79 Å². The Hall–Kier alpha value is -2.68. The van der Waals surface area contributed by atoms with E-state index in [1.807, 2.05) is 29.2 Å². The van der Waals surface area contributed by atoms with Gasteiger partial charge in [-0.05, 0) is 42.3 Å². The predicted molar refractivity (Wildman–Crippen MR) is 110 cm³/mol. The number of nitriles is 1. The van der Waals surface area contributed by atoms with Crippen molar-refractivity contribution in [3.8, 4) is 17.2 Å². The highest BCUT2D eigenvalue weighted by molar-refractivity contribution is 5.78.